The van der Waals surface area contributed by atoms with Crippen molar-refractivity contribution in [1.82, 2.24) is 0 Å². The zero-order valence-electron chi connectivity index (χ0n) is 13.2. The Kier molecular flexibility index (Phi) is 5.53. The van der Waals surface area contributed by atoms with E-state index in [9.17, 15) is 0 Å². The van der Waals surface area contributed by atoms with E-state index in [4.69, 9.17) is 18.9 Å². The summed E-state index contributed by atoms with van der Waals surface area (Å²) in [6.07, 6.45) is 2.43. The second-order valence-corrected chi connectivity index (χ2v) is 5.94. The smallest absolute Gasteiger partial charge is 0.142 e. The fourth-order valence-electron chi connectivity index (χ4n) is 2.75. The molecule has 1 aromatic rings. The standard InChI is InChI=1S/C17H25NO4/c1-13-4-5-16(18-14-10-19-7-8-20-11-14)17(9-13)22-12-15-3-2-6-21-15/h4-5,9,14-15,18H,2-3,6-8,10-12H2,1H3/t15-/m1/s1. The molecule has 122 valence electrons. The van der Waals surface area contributed by atoms with E-state index >= 15 is 0 Å². The van der Waals surface area contributed by atoms with Crippen LogP contribution in [0.15, 0.2) is 18.2 Å². The maximum Gasteiger partial charge on any atom is 0.142 e. The van der Waals surface area contributed by atoms with Gasteiger partial charge in [0, 0.05) is 6.61 Å². The minimum Gasteiger partial charge on any atom is -0.489 e. The molecule has 2 fully saturated rings. The lowest BCUT2D eigenvalue weighted by Gasteiger charge is -2.20. The highest BCUT2D eigenvalue weighted by Gasteiger charge is 2.18. The van der Waals surface area contributed by atoms with Gasteiger partial charge in [-0.15, -0.1) is 0 Å². The summed E-state index contributed by atoms with van der Waals surface area (Å²) in [4.78, 5) is 0. The van der Waals surface area contributed by atoms with E-state index < -0.39 is 0 Å². The summed E-state index contributed by atoms with van der Waals surface area (Å²) < 4.78 is 22.7. The Balaban J connectivity index is 1.63. The molecule has 0 radical (unpaired) electrons. The van der Waals surface area contributed by atoms with Gasteiger partial charge in [0.05, 0.1) is 44.3 Å². The van der Waals surface area contributed by atoms with Crippen molar-refractivity contribution >= 4 is 5.69 Å². The summed E-state index contributed by atoms with van der Waals surface area (Å²) in [6.45, 7) is 6.15. The van der Waals surface area contributed by atoms with Gasteiger partial charge in [-0.3, -0.25) is 0 Å². The molecular weight excluding hydrogens is 282 g/mol. The monoisotopic (exact) mass is 307 g/mol. The highest BCUT2D eigenvalue weighted by molar-refractivity contribution is 5.58. The Hall–Kier alpha value is -1.30. The van der Waals surface area contributed by atoms with Crippen molar-refractivity contribution in [1.29, 1.82) is 0 Å². The molecule has 1 aromatic carbocycles. The molecule has 0 spiro atoms. The summed E-state index contributed by atoms with van der Waals surface area (Å²) in [5, 5.41) is 3.48. The van der Waals surface area contributed by atoms with Crippen LogP contribution in [-0.4, -0.2) is 51.8 Å². The molecule has 2 saturated heterocycles. The lowest BCUT2D eigenvalue weighted by atomic mass is 10.2. The molecule has 5 nitrogen and oxygen atoms in total. The minimum absolute atomic E-state index is 0.148. The van der Waals surface area contributed by atoms with Crippen molar-refractivity contribution in [2.45, 2.75) is 31.9 Å². The van der Waals surface area contributed by atoms with Crippen molar-refractivity contribution in [3.05, 3.63) is 23.8 Å². The molecule has 0 amide bonds. The van der Waals surface area contributed by atoms with Crippen molar-refractivity contribution in [2.75, 3.05) is 45.0 Å². The lowest BCUT2D eigenvalue weighted by molar-refractivity contribution is 0.0681. The van der Waals surface area contributed by atoms with Gasteiger partial charge in [-0.1, -0.05) is 6.07 Å². The zero-order valence-corrected chi connectivity index (χ0v) is 13.2. The highest BCUT2D eigenvalue weighted by Crippen LogP contribution is 2.27. The lowest BCUT2D eigenvalue weighted by Crippen LogP contribution is -2.28. The molecule has 1 N–H and O–H groups in total. The van der Waals surface area contributed by atoms with E-state index in [0.717, 1.165) is 30.9 Å². The maximum atomic E-state index is 6.01. The first-order valence-electron chi connectivity index (χ1n) is 8.08. The number of anilines is 1. The van der Waals surface area contributed by atoms with Gasteiger partial charge in [0.25, 0.3) is 0 Å². The maximum absolute atomic E-state index is 6.01. The average Bonchev–Trinajstić information content (AvgIpc) is 2.91. The number of ether oxygens (including phenoxy) is 4. The Morgan fingerprint density at radius 1 is 1.18 bits per heavy atom. The second kappa shape index (κ2) is 7.81. The summed E-state index contributed by atoms with van der Waals surface area (Å²) in [7, 11) is 0. The van der Waals surface area contributed by atoms with Crippen LogP contribution in [-0.2, 0) is 14.2 Å². The third-order valence-electron chi connectivity index (χ3n) is 3.96. The van der Waals surface area contributed by atoms with Crippen LogP contribution >= 0.6 is 0 Å². The van der Waals surface area contributed by atoms with Crippen LogP contribution in [0.5, 0.6) is 5.75 Å². The molecule has 0 saturated carbocycles. The second-order valence-electron chi connectivity index (χ2n) is 5.94. The highest BCUT2D eigenvalue weighted by atomic mass is 16.5. The summed E-state index contributed by atoms with van der Waals surface area (Å²) in [5.41, 5.74) is 2.17. The van der Waals surface area contributed by atoms with E-state index in [0.29, 0.717) is 33.0 Å². The van der Waals surface area contributed by atoms with Crippen LogP contribution in [0.3, 0.4) is 0 Å². The number of hydrogen-bond acceptors (Lipinski definition) is 5. The van der Waals surface area contributed by atoms with Crippen LogP contribution in [0, 0.1) is 6.92 Å². The normalized spacial score (nSPS) is 23.2. The Morgan fingerprint density at radius 3 is 2.73 bits per heavy atom. The predicted octanol–water partition coefficient (Wildman–Crippen LogP) is 2.38. The minimum atomic E-state index is 0.148. The fourth-order valence-corrected chi connectivity index (χ4v) is 2.75. The van der Waals surface area contributed by atoms with Crippen molar-refractivity contribution in [3.63, 3.8) is 0 Å². The van der Waals surface area contributed by atoms with E-state index in [2.05, 4.69) is 30.4 Å². The van der Waals surface area contributed by atoms with Crippen molar-refractivity contribution in [3.8, 4) is 5.75 Å². The number of nitrogens with one attached hydrogen (secondary N) is 1. The molecule has 1 atom stereocenters. The van der Waals surface area contributed by atoms with E-state index in [1.54, 1.807) is 0 Å². The molecule has 2 heterocycles. The molecule has 2 aliphatic heterocycles. The van der Waals surface area contributed by atoms with Gasteiger partial charge in [-0.2, -0.15) is 0 Å². The molecule has 0 unspecified atom stereocenters. The first-order valence-corrected chi connectivity index (χ1v) is 8.08. The largest absolute Gasteiger partial charge is 0.489 e. The molecule has 3 rings (SSSR count). The number of aryl methyl sites for hydroxylation is 1. The Bertz CT molecular complexity index is 466. The van der Waals surface area contributed by atoms with Crippen LogP contribution in [0.4, 0.5) is 5.69 Å². The average molecular weight is 307 g/mol. The fraction of sp³-hybridized carbons (Fsp3) is 0.647. The molecule has 0 aromatic heterocycles. The van der Waals surface area contributed by atoms with Crippen molar-refractivity contribution in [2.24, 2.45) is 0 Å². The summed E-state index contributed by atoms with van der Waals surface area (Å²) in [5.74, 6) is 0.875. The number of benzene rings is 1. The summed E-state index contributed by atoms with van der Waals surface area (Å²) in [6, 6.07) is 6.36. The number of hydrogen-bond donors (Lipinski definition) is 1. The summed E-state index contributed by atoms with van der Waals surface area (Å²) >= 11 is 0. The third-order valence-corrected chi connectivity index (χ3v) is 3.96. The number of rotatable bonds is 5. The van der Waals surface area contributed by atoms with E-state index in [-0.39, 0.29) is 12.1 Å². The van der Waals surface area contributed by atoms with Crippen molar-refractivity contribution < 1.29 is 18.9 Å². The predicted molar refractivity (Wildman–Crippen MR) is 84.7 cm³/mol. The van der Waals surface area contributed by atoms with Crippen LogP contribution in [0.2, 0.25) is 0 Å². The van der Waals surface area contributed by atoms with Gasteiger partial charge < -0.3 is 24.3 Å². The Labute approximate surface area is 131 Å². The SMILES string of the molecule is Cc1ccc(NC2COCCOC2)c(OC[C@H]2CCCO2)c1. The quantitative estimate of drug-likeness (QED) is 0.905. The first-order chi connectivity index (χ1) is 10.8. The van der Waals surface area contributed by atoms with Gasteiger partial charge in [-0.05, 0) is 37.5 Å². The van der Waals surface area contributed by atoms with Gasteiger partial charge >= 0.3 is 0 Å². The topological polar surface area (TPSA) is 49.0 Å². The Morgan fingerprint density at radius 2 is 2.00 bits per heavy atom. The molecule has 0 bridgehead atoms. The van der Waals surface area contributed by atoms with E-state index in [1.807, 2.05) is 0 Å². The molecule has 2 aliphatic rings. The molecule has 22 heavy (non-hydrogen) atoms. The van der Waals surface area contributed by atoms with Gasteiger partial charge in [-0.25, -0.2) is 0 Å². The zero-order chi connectivity index (χ0) is 15.2. The van der Waals surface area contributed by atoms with E-state index in [1.165, 1.54) is 5.56 Å². The van der Waals surface area contributed by atoms with Crippen LogP contribution in [0.25, 0.3) is 0 Å². The van der Waals surface area contributed by atoms with Crippen LogP contribution < -0.4 is 10.1 Å². The first kappa shape index (κ1) is 15.6. The van der Waals surface area contributed by atoms with Gasteiger partial charge in [0.2, 0.25) is 0 Å². The molecule has 0 aliphatic carbocycles. The van der Waals surface area contributed by atoms with Crippen LogP contribution in [0.1, 0.15) is 18.4 Å². The van der Waals surface area contributed by atoms with Gasteiger partial charge in [0.15, 0.2) is 0 Å². The molecule has 5 heteroatoms. The molecular formula is C17H25NO4. The van der Waals surface area contributed by atoms with Gasteiger partial charge in [0.1, 0.15) is 12.4 Å². The third kappa shape index (κ3) is 4.35.